The molecule has 3 nitrogen and oxygen atoms in total. The van der Waals surface area contributed by atoms with Gasteiger partial charge in [-0.25, -0.2) is 0 Å². The van der Waals surface area contributed by atoms with Crippen LogP contribution in [0.4, 0.5) is 0 Å². The van der Waals surface area contributed by atoms with E-state index in [-0.39, 0.29) is 18.1 Å². The number of carboxylic acids is 1. The molecule has 0 bridgehead atoms. The molecule has 13 heavy (non-hydrogen) atoms. The molecule has 0 saturated heterocycles. The second kappa shape index (κ2) is 6.52. The maximum Gasteiger partial charge on any atom is 0.304 e. The van der Waals surface area contributed by atoms with Crippen molar-refractivity contribution in [3.63, 3.8) is 0 Å². The lowest BCUT2D eigenvalue weighted by molar-refractivity contribution is -0.137. The number of carboxylic acid groups (broad SMARTS) is 1. The van der Waals surface area contributed by atoms with Crippen molar-refractivity contribution < 1.29 is 15.0 Å². The fourth-order valence-electron chi connectivity index (χ4n) is 1.02. The fourth-order valence-corrected chi connectivity index (χ4v) is 1.02. The molecule has 0 rings (SSSR count). The fraction of sp³-hybridized carbons (Fsp3) is 0.700. The van der Waals surface area contributed by atoms with Crippen molar-refractivity contribution in [2.45, 2.75) is 39.5 Å². The van der Waals surface area contributed by atoms with Crippen LogP contribution >= 0.6 is 0 Å². The van der Waals surface area contributed by atoms with Crippen molar-refractivity contribution in [2.24, 2.45) is 5.92 Å². The third-order valence-electron chi connectivity index (χ3n) is 1.90. The molecule has 0 aliphatic heterocycles. The maximum absolute atomic E-state index is 10.3. The molecule has 0 amide bonds. The summed E-state index contributed by atoms with van der Waals surface area (Å²) in [5.41, 5.74) is 0. The van der Waals surface area contributed by atoms with Crippen molar-refractivity contribution in [2.75, 3.05) is 0 Å². The van der Waals surface area contributed by atoms with E-state index in [9.17, 15) is 9.90 Å². The summed E-state index contributed by atoms with van der Waals surface area (Å²) in [5.74, 6) is -0.937. The summed E-state index contributed by atoms with van der Waals surface area (Å²) in [7, 11) is 0. The second-order valence-corrected chi connectivity index (χ2v) is 3.27. The van der Waals surface area contributed by atoms with E-state index in [0.29, 0.717) is 0 Å². The monoisotopic (exact) mass is 186 g/mol. The van der Waals surface area contributed by atoms with Gasteiger partial charge in [0.15, 0.2) is 0 Å². The van der Waals surface area contributed by atoms with Crippen LogP contribution in [-0.4, -0.2) is 16.2 Å². The van der Waals surface area contributed by atoms with Crippen LogP contribution in [0.3, 0.4) is 0 Å². The molecule has 0 aromatic carbocycles. The van der Waals surface area contributed by atoms with Gasteiger partial charge in [0.2, 0.25) is 0 Å². The Labute approximate surface area is 79.1 Å². The lowest BCUT2D eigenvalue weighted by Gasteiger charge is -2.07. The third kappa shape index (κ3) is 6.20. The Morgan fingerprint density at radius 3 is 2.54 bits per heavy atom. The van der Waals surface area contributed by atoms with Crippen LogP contribution in [-0.2, 0) is 4.79 Å². The minimum Gasteiger partial charge on any atom is -0.512 e. The van der Waals surface area contributed by atoms with Crippen LogP contribution in [0.2, 0.25) is 0 Å². The predicted octanol–water partition coefficient (Wildman–Crippen LogP) is 2.73. The van der Waals surface area contributed by atoms with Crippen LogP contribution in [0, 0.1) is 5.92 Å². The zero-order valence-electron chi connectivity index (χ0n) is 8.29. The maximum atomic E-state index is 10.3. The molecule has 0 radical (unpaired) electrons. The minimum atomic E-state index is -0.872. The van der Waals surface area contributed by atoms with Gasteiger partial charge in [0.25, 0.3) is 0 Å². The van der Waals surface area contributed by atoms with Gasteiger partial charge in [-0.3, -0.25) is 4.79 Å². The number of carbonyl (C=O) groups is 1. The first-order valence-corrected chi connectivity index (χ1v) is 4.68. The van der Waals surface area contributed by atoms with Crippen LogP contribution in [0.25, 0.3) is 0 Å². The van der Waals surface area contributed by atoms with Gasteiger partial charge >= 0.3 is 5.97 Å². The van der Waals surface area contributed by atoms with E-state index >= 15 is 0 Å². The number of aliphatic hydroxyl groups is 1. The molecule has 0 fully saturated rings. The Bertz CT molecular complexity index is 185. The summed E-state index contributed by atoms with van der Waals surface area (Å²) in [6.45, 7) is 3.79. The van der Waals surface area contributed by atoms with E-state index in [1.165, 1.54) is 0 Å². The molecular formula is C10H18O3. The van der Waals surface area contributed by atoms with Gasteiger partial charge in [-0.2, -0.15) is 0 Å². The summed E-state index contributed by atoms with van der Waals surface area (Å²) in [4.78, 5) is 10.3. The molecule has 2 N–H and O–H groups in total. The van der Waals surface area contributed by atoms with Crippen molar-refractivity contribution in [3.8, 4) is 0 Å². The van der Waals surface area contributed by atoms with Crippen LogP contribution in [0.5, 0.6) is 0 Å². The normalized spacial score (nSPS) is 14.2. The number of rotatable bonds is 6. The van der Waals surface area contributed by atoms with Gasteiger partial charge in [0.05, 0.1) is 12.2 Å². The average molecular weight is 186 g/mol. The molecule has 1 unspecified atom stereocenters. The van der Waals surface area contributed by atoms with Gasteiger partial charge in [-0.1, -0.05) is 20.3 Å². The lowest BCUT2D eigenvalue weighted by atomic mass is 10.0. The van der Waals surface area contributed by atoms with E-state index in [0.717, 1.165) is 19.3 Å². The molecule has 0 aromatic rings. The van der Waals surface area contributed by atoms with E-state index < -0.39 is 5.97 Å². The van der Waals surface area contributed by atoms with Crippen molar-refractivity contribution >= 4 is 5.97 Å². The zero-order chi connectivity index (χ0) is 10.3. The number of hydrogen-bond donors (Lipinski definition) is 2. The lowest BCUT2D eigenvalue weighted by Crippen LogP contribution is -2.06. The zero-order valence-corrected chi connectivity index (χ0v) is 8.29. The molecule has 76 valence electrons. The van der Waals surface area contributed by atoms with Crippen LogP contribution < -0.4 is 0 Å². The highest BCUT2D eigenvalue weighted by Crippen LogP contribution is 2.13. The molecule has 0 aliphatic rings. The summed E-state index contributed by atoms with van der Waals surface area (Å²) in [5, 5.41) is 17.9. The highest BCUT2D eigenvalue weighted by Gasteiger charge is 2.10. The number of hydrogen-bond acceptors (Lipinski definition) is 2. The topological polar surface area (TPSA) is 57.5 Å². The van der Waals surface area contributed by atoms with Crippen LogP contribution in [0.1, 0.15) is 39.5 Å². The number of aliphatic carboxylic acids is 1. The molecular weight excluding hydrogens is 168 g/mol. The Balaban J connectivity index is 3.85. The standard InChI is InChI=1S/C10H18O3/c1-3-4-5-6-9(11)8(2)7-10(12)13/h6,8,11H,3-5,7H2,1-2H3,(H,12,13). The number of unbranched alkanes of at least 4 members (excludes halogenated alkanes) is 2. The summed E-state index contributed by atoms with van der Waals surface area (Å²) < 4.78 is 0. The Kier molecular flexibility index (Phi) is 6.02. The summed E-state index contributed by atoms with van der Waals surface area (Å²) in [6, 6.07) is 0. The molecule has 1 atom stereocenters. The highest BCUT2D eigenvalue weighted by atomic mass is 16.4. The van der Waals surface area contributed by atoms with Gasteiger partial charge in [-0.15, -0.1) is 0 Å². The Morgan fingerprint density at radius 2 is 2.08 bits per heavy atom. The van der Waals surface area contributed by atoms with Gasteiger partial charge in [0, 0.05) is 5.92 Å². The first-order chi connectivity index (χ1) is 6.07. The molecule has 0 spiro atoms. The smallest absolute Gasteiger partial charge is 0.304 e. The molecule has 0 heterocycles. The van der Waals surface area contributed by atoms with E-state index in [1.54, 1.807) is 13.0 Å². The quantitative estimate of drug-likeness (QED) is 0.495. The number of allylic oxidation sites excluding steroid dienone is 2. The van der Waals surface area contributed by atoms with Gasteiger partial charge in [0.1, 0.15) is 0 Å². The Hall–Kier alpha value is -0.990. The van der Waals surface area contributed by atoms with E-state index in [1.807, 2.05) is 0 Å². The second-order valence-electron chi connectivity index (χ2n) is 3.27. The van der Waals surface area contributed by atoms with Crippen LogP contribution in [0.15, 0.2) is 11.8 Å². The van der Waals surface area contributed by atoms with Crippen molar-refractivity contribution in [1.29, 1.82) is 0 Å². The minimum absolute atomic E-state index is 0.00550. The highest BCUT2D eigenvalue weighted by molar-refractivity contribution is 5.67. The number of aliphatic hydroxyl groups excluding tert-OH is 1. The first kappa shape index (κ1) is 12.0. The Morgan fingerprint density at radius 1 is 1.46 bits per heavy atom. The van der Waals surface area contributed by atoms with Gasteiger partial charge in [-0.05, 0) is 18.9 Å². The molecule has 0 aromatic heterocycles. The largest absolute Gasteiger partial charge is 0.512 e. The molecule has 3 heteroatoms. The molecule has 0 aliphatic carbocycles. The summed E-state index contributed by atoms with van der Waals surface area (Å²) in [6.07, 6.45) is 4.65. The van der Waals surface area contributed by atoms with Crippen molar-refractivity contribution in [1.82, 2.24) is 0 Å². The van der Waals surface area contributed by atoms with Gasteiger partial charge < -0.3 is 10.2 Å². The summed E-state index contributed by atoms with van der Waals surface area (Å²) >= 11 is 0. The third-order valence-corrected chi connectivity index (χ3v) is 1.90. The average Bonchev–Trinajstić information content (AvgIpc) is 2.03. The van der Waals surface area contributed by atoms with E-state index in [2.05, 4.69) is 6.92 Å². The molecule has 0 saturated carbocycles. The first-order valence-electron chi connectivity index (χ1n) is 4.68. The van der Waals surface area contributed by atoms with E-state index in [4.69, 9.17) is 5.11 Å². The predicted molar refractivity (Wildman–Crippen MR) is 51.7 cm³/mol. The van der Waals surface area contributed by atoms with Crippen molar-refractivity contribution in [3.05, 3.63) is 11.8 Å². The SMILES string of the molecule is CCCCC=C(O)C(C)CC(=O)O.